The molecule has 2 heterocycles. The lowest BCUT2D eigenvalue weighted by Gasteiger charge is -2.19. The van der Waals surface area contributed by atoms with Crippen LogP contribution >= 0.6 is 0 Å². The minimum Gasteiger partial charge on any atom is -0.493 e. The van der Waals surface area contributed by atoms with Gasteiger partial charge >= 0.3 is 5.97 Å². The normalized spacial score (nSPS) is 11.6. The standard InChI is InChI=1S/C28H27N3O4/c1-3-7-19-11-14-25(26(16-19)34-2)35-28(33)24(31-27(32)21-8-6-15-29-17-21)13-12-20-18-30-23-10-5-4-9-22(20)23/h3-6,8-11,14-18,24,30H,1,7,12-13H2,2H3,(H,31,32). The Bertz CT molecular complexity index is 1330. The van der Waals surface area contributed by atoms with Gasteiger partial charge in [-0.3, -0.25) is 9.78 Å². The number of para-hydroxylation sites is 1. The summed E-state index contributed by atoms with van der Waals surface area (Å²) in [6.07, 6.45) is 8.34. The number of fused-ring (bicyclic) bond motifs is 1. The lowest BCUT2D eigenvalue weighted by Crippen LogP contribution is -2.43. The fourth-order valence-corrected chi connectivity index (χ4v) is 3.90. The minimum atomic E-state index is -0.881. The number of ether oxygens (including phenoxy) is 2. The average Bonchev–Trinajstić information content (AvgIpc) is 3.31. The molecule has 0 saturated heterocycles. The highest BCUT2D eigenvalue weighted by molar-refractivity contribution is 5.96. The number of methoxy groups -OCH3 is 1. The molecule has 0 radical (unpaired) electrons. The molecule has 1 amide bonds. The molecule has 0 aliphatic carbocycles. The molecule has 2 N–H and O–H groups in total. The number of amides is 1. The molecule has 1 atom stereocenters. The molecule has 0 bridgehead atoms. The number of aryl methyl sites for hydroxylation is 1. The van der Waals surface area contributed by atoms with Crippen molar-refractivity contribution in [2.45, 2.75) is 25.3 Å². The lowest BCUT2D eigenvalue weighted by atomic mass is 10.0. The van der Waals surface area contributed by atoms with Gasteiger partial charge in [0.25, 0.3) is 5.91 Å². The number of nitrogens with zero attached hydrogens (tertiary/aromatic N) is 1. The summed E-state index contributed by atoms with van der Waals surface area (Å²) in [6.45, 7) is 3.75. The van der Waals surface area contributed by atoms with Crippen molar-refractivity contribution in [3.63, 3.8) is 0 Å². The van der Waals surface area contributed by atoms with E-state index in [0.29, 0.717) is 30.6 Å². The van der Waals surface area contributed by atoms with Crippen molar-refractivity contribution in [1.29, 1.82) is 0 Å². The van der Waals surface area contributed by atoms with Crippen molar-refractivity contribution in [2.24, 2.45) is 0 Å². The van der Waals surface area contributed by atoms with Crippen molar-refractivity contribution >= 4 is 22.8 Å². The predicted molar refractivity (Wildman–Crippen MR) is 135 cm³/mol. The Kier molecular flexibility index (Phi) is 7.57. The van der Waals surface area contributed by atoms with Crippen molar-refractivity contribution in [3.05, 3.63) is 103 Å². The summed E-state index contributed by atoms with van der Waals surface area (Å²) in [5, 5.41) is 3.90. The Morgan fingerprint density at radius 2 is 2.00 bits per heavy atom. The zero-order valence-electron chi connectivity index (χ0n) is 19.5. The van der Waals surface area contributed by atoms with Crippen LogP contribution in [-0.2, 0) is 17.6 Å². The van der Waals surface area contributed by atoms with Crippen LogP contribution in [0.2, 0.25) is 0 Å². The third-order valence-corrected chi connectivity index (χ3v) is 5.71. The Balaban J connectivity index is 1.54. The second kappa shape index (κ2) is 11.2. The van der Waals surface area contributed by atoms with Crippen LogP contribution in [-0.4, -0.2) is 35.0 Å². The average molecular weight is 470 g/mol. The zero-order valence-corrected chi connectivity index (χ0v) is 19.5. The van der Waals surface area contributed by atoms with Gasteiger partial charge in [0.2, 0.25) is 0 Å². The molecular weight excluding hydrogens is 442 g/mol. The van der Waals surface area contributed by atoms with Gasteiger partial charge in [0.15, 0.2) is 11.5 Å². The fraction of sp³-hybridized carbons (Fsp3) is 0.179. The highest BCUT2D eigenvalue weighted by Crippen LogP contribution is 2.29. The number of benzene rings is 2. The third-order valence-electron chi connectivity index (χ3n) is 5.71. The Hall–Kier alpha value is -4.39. The van der Waals surface area contributed by atoms with E-state index in [9.17, 15) is 9.59 Å². The highest BCUT2D eigenvalue weighted by Gasteiger charge is 2.25. The maximum absolute atomic E-state index is 13.2. The van der Waals surface area contributed by atoms with E-state index in [2.05, 4.69) is 21.9 Å². The van der Waals surface area contributed by atoms with E-state index < -0.39 is 17.9 Å². The number of aromatic nitrogens is 2. The molecule has 0 aliphatic heterocycles. The van der Waals surface area contributed by atoms with Gasteiger partial charge in [0, 0.05) is 29.5 Å². The number of aromatic amines is 1. The van der Waals surface area contributed by atoms with E-state index in [-0.39, 0.29) is 5.75 Å². The van der Waals surface area contributed by atoms with E-state index in [0.717, 1.165) is 22.0 Å². The first-order chi connectivity index (χ1) is 17.1. The number of pyridine rings is 1. The smallest absolute Gasteiger partial charge is 0.334 e. The van der Waals surface area contributed by atoms with Crippen LogP contribution in [0.25, 0.3) is 10.9 Å². The van der Waals surface area contributed by atoms with Gasteiger partial charge in [-0.1, -0.05) is 30.3 Å². The number of hydrogen-bond donors (Lipinski definition) is 2. The third kappa shape index (κ3) is 5.76. The van der Waals surface area contributed by atoms with Crippen LogP contribution in [0, 0.1) is 0 Å². The van der Waals surface area contributed by atoms with Gasteiger partial charge in [-0.15, -0.1) is 6.58 Å². The van der Waals surface area contributed by atoms with E-state index in [1.807, 2.05) is 36.5 Å². The molecule has 4 aromatic rings. The number of nitrogens with one attached hydrogen (secondary N) is 2. The quantitative estimate of drug-likeness (QED) is 0.201. The molecule has 7 heteroatoms. The van der Waals surface area contributed by atoms with Gasteiger partial charge in [0.1, 0.15) is 6.04 Å². The van der Waals surface area contributed by atoms with Gasteiger partial charge < -0.3 is 19.8 Å². The van der Waals surface area contributed by atoms with Crippen LogP contribution in [0.1, 0.15) is 27.9 Å². The molecule has 4 rings (SSSR count). The number of esters is 1. The Morgan fingerprint density at radius 3 is 2.77 bits per heavy atom. The van der Waals surface area contributed by atoms with Gasteiger partial charge in [-0.05, 0) is 60.7 Å². The van der Waals surface area contributed by atoms with E-state index >= 15 is 0 Å². The lowest BCUT2D eigenvalue weighted by molar-refractivity contribution is -0.136. The van der Waals surface area contributed by atoms with Crippen molar-refractivity contribution in [2.75, 3.05) is 7.11 Å². The first kappa shape index (κ1) is 23.8. The number of carbonyl (C=O) groups excluding carboxylic acids is 2. The van der Waals surface area contributed by atoms with E-state index in [1.165, 1.54) is 13.3 Å². The fourth-order valence-electron chi connectivity index (χ4n) is 3.90. The molecule has 2 aromatic carbocycles. The second-order valence-electron chi connectivity index (χ2n) is 8.07. The summed E-state index contributed by atoms with van der Waals surface area (Å²) in [6, 6.07) is 15.7. The molecule has 1 unspecified atom stereocenters. The van der Waals surface area contributed by atoms with Crippen molar-refractivity contribution < 1.29 is 19.1 Å². The Morgan fingerprint density at radius 1 is 1.14 bits per heavy atom. The topological polar surface area (TPSA) is 93.3 Å². The number of allylic oxidation sites excluding steroid dienone is 1. The van der Waals surface area contributed by atoms with Gasteiger partial charge in [-0.2, -0.15) is 0 Å². The molecule has 35 heavy (non-hydrogen) atoms. The number of carbonyl (C=O) groups is 2. The summed E-state index contributed by atoms with van der Waals surface area (Å²) in [5.41, 5.74) is 3.42. The predicted octanol–water partition coefficient (Wildman–Crippen LogP) is 4.64. The van der Waals surface area contributed by atoms with Crippen LogP contribution in [0.4, 0.5) is 0 Å². The maximum Gasteiger partial charge on any atom is 0.334 e. The summed E-state index contributed by atoms with van der Waals surface area (Å²) in [4.78, 5) is 33.3. The van der Waals surface area contributed by atoms with Crippen molar-refractivity contribution in [1.82, 2.24) is 15.3 Å². The molecule has 0 saturated carbocycles. The SMILES string of the molecule is C=CCc1ccc(OC(=O)C(CCc2c[nH]c3ccccc23)NC(=O)c2cccnc2)c(OC)c1. The minimum absolute atomic E-state index is 0.290. The van der Waals surface area contributed by atoms with Crippen LogP contribution < -0.4 is 14.8 Å². The largest absolute Gasteiger partial charge is 0.493 e. The van der Waals surface area contributed by atoms with Crippen molar-refractivity contribution in [3.8, 4) is 11.5 Å². The summed E-state index contributed by atoms with van der Waals surface area (Å²) in [7, 11) is 1.52. The number of rotatable bonds is 10. The second-order valence-corrected chi connectivity index (χ2v) is 8.07. The molecule has 0 spiro atoms. The summed E-state index contributed by atoms with van der Waals surface area (Å²) in [5.74, 6) is -0.242. The Labute approximate surface area is 203 Å². The first-order valence-electron chi connectivity index (χ1n) is 11.3. The molecule has 0 aliphatic rings. The molecule has 178 valence electrons. The molecular formula is C28H27N3O4. The maximum atomic E-state index is 13.2. The van der Waals surface area contributed by atoms with E-state index in [1.54, 1.807) is 36.5 Å². The molecule has 0 fully saturated rings. The van der Waals surface area contributed by atoms with Gasteiger partial charge in [-0.25, -0.2) is 4.79 Å². The first-order valence-corrected chi connectivity index (χ1v) is 11.3. The highest BCUT2D eigenvalue weighted by atomic mass is 16.6. The zero-order chi connectivity index (χ0) is 24.6. The number of H-pyrrole nitrogens is 1. The van der Waals surface area contributed by atoms with Crippen LogP contribution in [0.5, 0.6) is 11.5 Å². The molecule has 2 aromatic heterocycles. The van der Waals surface area contributed by atoms with Crippen LogP contribution in [0.3, 0.4) is 0 Å². The van der Waals surface area contributed by atoms with E-state index in [4.69, 9.17) is 9.47 Å². The summed E-state index contributed by atoms with van der Waals surface area (Å²) < 4.78 is 11.1. The number of hydrogen-bond acceptors (Lipinski definition) is 5. The molecule has 7 nitrogen and oxygen atoms in total. The summed E-state index contributed by atoms with van der Waals surface area (Å²) >= 11 is 0. The van der Waals surface area contributed by atoms with Crippen LogP contribution in [0.15, 0.2) is 85.8 Å². The monoisotopic (exact) mass is 469 g/mol. The van der Waals surface area contributed by atoms with Gasteiger partial charge in [0.05, 0.1) is 12.7 Å².